The number of hydrogen-bond acceptors (Lipinski definition) is 4. The molecule has 3 N–H and O–H groups in total. The fourth-order valence-electron chi connectivity index (χ4n) is 2.57. The van der Waals surface area contributed by atoms with Gasteiger partial charge in [0.1, 0.15) is 5.54 Å². The second kappa shape index (κ2) is 5.82. The number of thiophene rings is 1. The largest absolute Gasteiger partial charge is 0.381 e. The first kappa shape index (κ1) is 13.5. The normalized spacial score (nSPS) is 28.2. The maximum absolute atomic E-state index is 11.8. The predicted molar refractivity (Wildman–Crippen MR) is 72.3 cm³/mol. The number of rotatable bonds is 5. The molecule has 1 aliphatic carbocycles. The molecule has 1 aliphatic rings. The van der Waals surface area contributed by atoms with Crippen molar-refractivity contribution < 1.29 is 9.53 Å². The molecule has 1 heterocycles. The first-order chi connectivity index (χ1) is 8.66. The third-order valence-electron chi connectivity index (χ3n) is 3.69. The van der Waals surface area contributed by atoms with E-state index in [1.807, 2.05) is 11.4 Å². The van der Waals surface area contributed by atoms with E-state index in [-0.39, 0.29) is 12.0 Å². The molecule has 2 unspecified atom stereocenters. The highest BCUT2D eigenvalue weighted by Gasteiger charge is 2.41. The summed E-state index contributed by atoms with van der Waals surface area (Å²) in [6.45, 7) is 0.692. The highest BCUT2D eigenvalue weighted by atomic mass is 32.1. The lowest BCUT2D eigenvalue weighted by molar-refractivity contribution is -0.128. The summed E-state index contributed by atoms with van der Waals surface area (Å²) in [5.41, 5.74) is 5.00. The van der Waals surface area contributed by atoms with Crippen molar-refractivity contribution in [1.82, 2.24) is 5.32 Å². The first-order valence-electron chi connectivity index (χ1n) is 6.26. The maximum atomic E-state index is 11.8. The van der Waals surface area contributed by atoms with Crippen molar-refractivity contribution in [3.05, 3.63) is 22.4 Å². The predicted octanol–water partition coefficient (Wildman–Crippen LogP) is 1.65. The van der Waals surface area contributed by atoms with Gasteiger partial charge in [-0.1, -0.05) is 6.07 Å². The SMILES string of the molecule is COC1CCCC(NCc2cccs2)(C(N)=O)C1. The van der Waals surface area contributed by atoms with Gasteiger partial charge < -0.3 is 10.5 Å². The fourth-order valence-corrected chi connectivity index (χ4v) is 3.21. The van der Waals surface area contributed by atoms with Crippen LogP contribution in [0.4, 0.5) is 0 Å². The van der Waals surface area contributed by atoms with Gasteiger partial charge in [-0.3, -0.25) is 10.1 Å². The molecule has 0 spiro atoms. The number of methoxy groups -OCH3 is 1. The van der Waals surface area contributed by atoms with E-state index in [0.29, 0.717) is 13.0 Å². The van der Waals surface area contributed by atoms with Gasteiger partial charge in [-0.2, -0.15) is 0 Å². The molecule has 0 saturated heterocycles. The Balaban J connectivity index is 2.04. The molecule has 18 heavy (non-hydrogen) atoms. The second-order valence-electron chi connectivity index (χ2n) is 4.83. The topological polar surface area (TPSA) is 64.3 Å². The molecule has 4 nitrogen and oxygen atoms in total. The summed E-state index contributed by atoms with van der Waals surface area (Å²) in [6.07, 6.45) is 3.57. The molecule has 1 aromatic heterocycles. The van der Waals surface area contributed by atoms with Gasteiger partial charge in [0.15, 0.2) is 0 Å². The van der Waals surface area contributed by atoms with Crippen LogP contribution in [0.3, 0.4) is 0 Å². The Morgan fingerprint density at radius 2 is 2.56 bits per heavy atom. The minimum absolute atomic E-state index is 0.127. The summed E-state index contributed by atoms with van der Waals surface area (Å²) < 4.78 is 5.39. The number of primary amides is 1. The molecule has 1 fully saturated rings. The summed E-state index contributed by atoms with van der Waals surface area (Å²) >= 11 is 1.68. The molecule has 1 saturated carbocycles. The molecular weight excluding hydrogens is 248 g/mol. The van der Waals surface area contributed by atoms with Gasteiger partial charge in [-0.25, -0.2) is 0 Å². The van der Waals surface area contributed by atoms with Crippen molar-refractivity contribution in [3.63, 3.8) is 0 Å². The van der Waals surface area contributed by atoms with Gasteiger partial charge in [0.2, 0.25) is 5.91 Å². The number of amides is 1. The smallest absolute Gasteiger partial charge is 0.237 e. The molecule has 0 radical (unpaired) electrons. The van der Waals surface area contributed by atoms with Crippen molar-refractivity contribution in [2.45, 2.75) is 43.9 Å². The Morgan fingerprint density at radius 1 is 1.72 bits per heavy atom. The zero-order valence-electron chi connectivity index (χ0n) is 10.6. The molecule has 5 heteroatoms. The number of ether oxygens (including phenoxy) is 1. The van der Waals surface area contributed by atoms with Crippen molar-refractivity contribution >= 4 is 17.2 Å². The summed E-state index contributed by atoms with van der Waals surface area (Å²) in [4.78, 5) is 13.0. The lowest BCUT2D eigenvalue weighted by atomic mass is 9.79. The van der Waals surface area contributed by atoms with Crippen LogP contribution in [-0.4, -0.2) is 24.7 Å². The average molecular weight is 268 g/mol. The van der Waals surface area contributed by atoms with E-state index in [0.717, 1.165) is 19.3 Å². The maximum Gasteiger partial charge on any atom is 0.237 e. The van der Waals surface area contributed by atoms with E-state index < -0.39 is 5.54 Å². The zero-order chi connectivity index (χ0) is 13.0. The second-order valence-corrected chi connectivity index (χ2v) is 5.87. The Hall–Kier alpha value is -0.910. The van der Waals surface area contributed by atoms with Crippen LogP contribution in [0.15, 0.2) is 17.5 Å². The van der Waals surface area contributed by atoms with Crippen LogP contribution in [0.5, 0.6) is 0 Å². The number of nitrogens with two attached hydrogens (primary N) is 1. The molecule has 2 rings (SSSR count). The summed E-state index contributed by atoms with van der Waals surface area (Å²) in [5.74, 6) is -0.263. The molecule has 0 bridgehead atoms. The summed E-state index contributed by atoms with van der Waals surface area (Å²) in [5, 5.41) is 5.39. The summed E-state index contributed by atoms with van der Waals surface area (Å²) in [7, 11) is 1.70. The van der Waals surface area contributed by atoms with Gasteiger partial charge in [-0.15, -0.1) is 11.3 Å². The number of hydrogen-bond donors (Lipinski definition) is 2. The molecule has 0 aromatic carbocycles. The van der Waals surface area contributed by atoms with Crippen LogP contribution in [0, 0.1) is 0 Å². The first-order valence-corrected chi connectivity index (χ1v) is 7.14. The molecular formula is C13H20N2O2S. The average Bonchev–Trinajstić information content (AvgIpc) is 2.89. The van der Waals surface area contributed by atoms with E-state index in [1.165, 1.54) is 4.88 Å². The number of nitrogens with one attached hydrogen (secondary N) is 1. The lowest BCUT2D eigenvalue weighted by Gasteiger charge is -2.38. The van der Waals surface area contributed by atoms with Gasteiger partial charge >= 0.3 is 0 Å². The van der Waals surface area contributed by atoms with Crippen LogP contribution in [0.2, 0.25) is 0 Å². The van der Waals surface area contributed by atoms with Crippen molar-refractivity contribution in [2.75, 3.05) is 7.11 Å². The Bertz CT molecular complexity index is 394. The number of carbonyl (C=O) groups is 1. The molecule has 2 atom stereocenters. The third kappa shape index (κ3) is 2.91. The Morgan fingerprint density at radius 3 is 3.17 bits per heavy atom. The number of carbonyl (C=O) groups excluding carboxylic acids is 1. The fraction of sp³-hybridized carbons (Fsp3) is 0.615. The van der Waals surface area contributed by atoms with Crippen LogP contribution in [-0.2, 0) is 16.1 Å². The lowest BCUT2D eigenvalue weighted by Crippen LogP contribution is -2.58. The minimum atomic E-state index is -0.608. The van der Waals surface area contributed by atoms with E-state index >= 15 is 0 Å². The molecule has 1 aromatic rings. The van der Waals surface area contributed by atoms with E-state index in [9.17, 15) is 4.79 Å². The van der Waals surface area contributed by atoms with Gasteiger partial charge in [0, 0.05) is 25.0 Å². The summed E-state index contributed by atoms with van der Waals surface area (Å²) in [6, 6.07) is 4.07. The van der Waals surface area contributed by atoms with Crippen LogP contribution >= 0.6 is 11.3 Å². The molecule has 100 valence electrons. The quantitative estimate of drug-likeness (QED) is 0.853. The van der Waals surface area contributed by atoms with Crippen LogP contribution < -0.4 is 11.1 Å². The Kier molecular flexibility index (Phi) is 4.37. The van der Waals surface area contributed by atoms with Crippen LogP contribution in [0.25, 0.3) is 0 Å². The van der Waals surface area contributed by atoms with E-state index in [2.05, 4.69) is 11.4 Å². The minimum Gasteiger partial charge on any atom is -0.381 e. The van der Waals surface area contributed by atoms with Crippen molar-refractivity contribution in [2.24, 2.45) is 5.73 Å². The van der Waals surface area contributed by atoms with E-state index in [1.54, 1.807) is 18.4 Å². The monoisotopic (exact) mass is 268 g/mol. The van der Waals surface area contributed by atoms with Gasteiger partial charge in [-0.05, 0) is 30.7 Å². The Labute approximate surface area is 112 Å². The molecule has 0 aliphatic heterocycles. The third-order valence-corrected chi connectivity index (χ3v) is 4.57. The van der Waals surface area contributed by atoms with Gasteiger partial charge in [0.05, 0.1) is 6.10 Å². The highest BCUT2D eigenvalue weighted by Crippen LogP contribution is 2.30. The van der Waals surface area contributed by atoms with Crippen LogP contribution in [0.1, 0.15) is 30.6 Å². The zero-order valence-corrected chi connectivity index (χ0v) is 11.5. The van der Waals surface area contributed by atoms with Gasteiger partial charge in [0.25, 0.3) is 0 Å². The highest BCUT2D eigenvalue weighted by molar-refractivity contribution is 7.09. The standard InChI is InChI=1S/C13H20N2O2S/c1-17-10-4-2-6-13(8-10,12(14)16)15-9-11-5-3-7-18-11/h3,5,7,10,15H,2,4,6,8-9H2,1H3,(H2,14,16). The van der Waals surface area contributed by atoms with Crippen molar-refractivity contribution in [3.8, 4) is 0 Å². The van der Waals surface area contributed by atoms with Crippen molar-refractivity contribution in [1.29, 1.82) is 0 Å². The van der Waals surface area contributed by atoms with E-state index in [4.69, 9.17) is 10.5 Å². The molecule has 1 amide bonds.